The maximum atomic E-state index is 12.4. The summed E-state index contributed by atoms with van der Waals surface area (Å²) in [5.41, 5.74) is 3.24. The van der Waals surface area contributed by atoms with Gasteiger partial charge in [-0.25, -0.2) is 9.79 Å². The van der Waals surface area contributed by atoms with Crippen LogP contribution in [-0.2, 0) is 4.74 Å². The Morgan fingerprint density at radius 2 is 1.86 bits per heavy atom. The number of carbonyl (C=O) groups excluding carboxylic acids is 1. The summed E-state index contributed by atoms with van der Waals surface area (Å²) in [4.78, 5) is 21.2. The average molecular weight is 403 g/mol. The Hall–Kier alpha value is -2.24. The molecule has 0 aromatic carbocycles. The van der Waals surface area contributed by atoms with Gasteiger partial charge in [0.2, 0.25) is 0 Å². The fraction of sp³-hybridized carbons (Fsp3) is 0.652. The Balaban J connectivity index is 2.14. The monoisotopic (exact) mass is 402 g/mol. The van der Waals surface area contributed by atoms with Gasteiger partial charge >= 0.3 is 6.09 Å². The van der Waals surface area contributed by atoms with Crippen molar-refractivity contribution in [2.45, 2.75) is 66.9 Å². The average Bonchev–Trinajstić information content (AvgIpc) is 3.09. The fourth-order valence-electron chi connectivity index (χ4n) is 3.45. The Bertz CT molecular complexity index is 705. The molecule has 6 heteroatoms. The molecular weight excluding hydrogens is 364 g/mol. The van der Waals surface area contributed by atoms with Crippen LogP contribution in [0.4, 0.5) is 4.79 Å². The molecule has 0 radical (unpaired) electrons. The van der Waals surface area contributed by atoms with E-state index in [0.29, 0.717) is 19.0 Å². The van der Waals surface area contributed by atoms with Crippen LogP contribution in [-0.4, -0.2) is 53.5 Å². The highest BCUT2D eigenvalue weighted by Gasteiger charge is 2.29. The number of allylic oxidation sites excluding steroid dienone is 2. The molecule has 0 bridgehead atoms. The van der Waals surface area contributed by atoms with Crippen LogP contribution in [0.2, 0.25) is 0 Å². The van der Waals surface area contributed by atoms with Crippen molar-refractivity contribution in [1.29, 1.82) is 0 Å². The van der Waals surface area contributed by atoms with E-state index >= 15 is 0 Å². The molecule has 0 spiro atoms. The standard InChI is InChI=1S/C23H38N4O2/c1-8-10-11-24-21-20(19(16-25-21)17(3)9-2)18(4)26-12-14-27(15-13-26)22(28)29-23(5,6)7/h10-11,16-17H,8-9,12-15H2,1-7H3,(H,24,25)/b11-10+,20-18+. The van der Waals surface area contributed by atoms with Crippen LogP contribution in [0.3, 0.4) is 0 Å². The first-order chi connectivity index (χ1) is 13.7. The molecule has 1 amide bonds. The summed E-state index contributed by atoms with van der Waals surface area (Å²) in [5.74, 6) is 1.36. The molecule has 0 aromatic rings. The van der Waals surface area contributed by atoms with Crippen molar-refractivity contribution in [3.05, 3.63) is 35.3 Å². The smallest absolute Gasteiger partial charge is 0.410 e. The van der Waals surface area contributed by atoms with Crippen LogP contribution in [0, 0.1) is 5.92 Å². The van der Waals surface area contributed by atoms with E-state index in [1.807, 2.05) is 33.2 Å². The maximum Gasteiger partial charge on any atom is 0.410 e. The van der Waals surface area contributed by atoms with Crippen molar-refractivity contribution in [1.82, 2.24) is 15.1 Å². The normalized spacial score (nSPS) is 20.5. The van der Waals surface area contributed by atoms with Crippen LogP contribution >= 0.6 is 0 Å². The Kier molecular flexibility index (Phi) is 7.94. The SMILES string of the molecule is CC/C=C/NC1=NC=C(C(C)CC)/C1=C(/C)N1CCN(C(=O)OC(C)(C)C)CC1. The number of piperazine rings is 1. The Labute approximate surface area is 176 Å². The molecule has 1 N–H and O–H groups in total. The number of nitrogens with one attached hydrogen (secondary N) is 1. The van der Waals surface area contributed by atoms with Gasteiger partial charge in [-0.15, -0.1) is 0 Å². The first kappa shape index (κ1) is 23.0. The summed E-state index contributed by atoms with van der Waals surface area (Å²) in [6.45, 7) is 17.4. The zero-order valence-corrected chi connectivity index (χ0v) is 19.2. The lowest BCUT2D eigenvalue weighted by molar-refractivity contribution is 0.0168. The molecule has 162 valence electrons. The molecule has 0 saturated carbocycles. The van der Waals surface area contributed by atoms with Crippen molar-refractivity contribution < 1.29 is 9.53 Å². The van der Waals surface area contributed by atoms with Crippen molar-refractivity contribution in [3.63, 3.8) is 0 Å². The van der Waals surface area contributed by atoms with Gasteiger partial charge in [-0.05, 0) is 58.2 Å². The van der Waals surface area contributed by atoms with Crippen LogP contribution in [0.25, 0.3) is 0 Å². The highest BCUT2D eigenvalue weighted by atomic mass is 16.6. The third-order valence-electron chi connectivity index (χ3n) is 5.34. The van der Waals surface area contributed by atoms with Crippen LogP contribution in [0.15, 0.2) is 40.3 Å². The number of carbonyl (C=O) groups is 1. The molecule has 0 aliphatic carbocycles. The predicted octanol–water partition coefficient (Wildman–Crippen LogP) is 4.67. The van der Waals surface area contributed by atoms with Gasteiger partial charge in [-0.1, -0.05) is 26.8 Å². The summed E-state index contributed by atoms with van der Waals surface area (Å²) < 4.78 is 5.52. The second kappa shape index (κ2) is 9.99. The lowest BCUT2D eigenvalue weighted by atomic mass is 9.91. The van der Waals surface area contributed by atoms with E-state index in [2.05, 4.69) is 49.0 Å². The van der Waals surface area contributed by atoms with Gasteiger partial charge in [0.15, 0.2) is 0 Å². The summed E-state index contributed by atoms with van der Waals surface area (Å²) in [6.07, 6.45) is 7.90. The van der Waals surface area contributed by atoms with E-state index in [9.17, 15) is 4.79 Å². The first-order valence-corrected chi connectivity index (χ1v) is 10.8. The second-order valence-corrected chi connectivity index (χ2v) is 8.74. The third kappa shape index (κ3) is 6.12. The fourth-order valence-corrected chi connectivity index (χ4v) is 3.45. The number of nitrogens with zero attached hydrogens (tertiary/aromatic N) is 3. The van der Waals surface area contributed by atoms with E-state index in [4.69, 9.17) is 4.74 Å². The molecule has 1 fully saturated rings. The molecule has 29 heavy (non-hydrogen) atoms. The van der Waals surface area contributed by atoms with Crippen molar-refractivity contribution in [2.75, 3.05) is 26.2 Å². The molecule has 1 saturated heterocycles. The molecular formula is C23H38N4O2. The number of aliphatic imine (C=N–C) groups is 1. The summed E-state index contributed by atoms with van der Waals surface area (Å²) in [5, 5.41) is 3.36. The highest BCUT2D eigenvalue weighted by Crippen LogP contribution is 2.31. The van der Waals surface area contributed by atoms with Crippen LogP contribution < -0.4 is 5.32 Å². The van der Waals surface area contributed by atoms with Crippen LogP contribution in [0.1, 0.15) is 61.3 Å². The molecule has 0 aromatic heterocycles. The Morgan fingerprint density at radius 3 is 2.41 bits per heavy atom. The number of amides is 1. The lowest BCUT2D eigenvalue weighted by Gasteiger charge is -2.38. The Morgan fingerprint density at radius 1 is 1.24 bits per heavy atom. The number of amidine groups is 1. The van der Waals surface area contributed by atoms with Crippen molar-refractivity contribution in [2.24, 2.45) is 10.9 Å². The molecule has 2 aliphatic rings. The largest absolute Gasteiger partial charge is 0.444 e. The molecule has 2 aliphatic heterocycles. The summed E-state index contributed by atoms with van der Waals surface area (Å²) in [7, 11) is 0. The predicted molar refractivity (Wildman–Crippen MR) is 120 cm³/mol. The van der Waals surface area contributed by atoms with Gasteiger partial charge in [0.1, 0.15) is 11.4 Å². The van der Waals surface area contributed by atoms with Gasteiger partial charge in [0.25, 0.3) is 0 Å². The number of rotatable bonds is 5. The maximum absolute atomic E-state index is 12.4. The van der Waals surface area contributed by atoms with E-state index in [1.165, 1.54) is 16.8 Å². The van der Waals surface area contributed by atoms with Gasteiger partial charge in [-0.2, -0.15) is 0 Å². The second-order valence-electron chi connectivity index (χ2n) is 8.74. The minimum Gasteiger partial charge on any atom is -0.444 e. The topological polar surface area (TPSA) is 57.2 Å². The minimum absolute atomic E-state index is 0.225. The minimum atomic E-state index is -0.463. The summed E-state index contributed by atoms with van der Waals surface area (Å²) >= 11 is 0. The summed E-state index contributed by atoms with van der Waals surface area (Å²) in [6, 6.07) is 0. The quantitative estimate of drug-likeness (QED) is 0.726. The van der Waals surface area contributed by atoms with Crippen LogP contribution in [0.5, 0.6) is 0 Å². The van der Waals surface area contributed by atoms with E-state index in [-0.39, 0.29) is 6.09 Å². The number of ether oxygens (including phenoxy) is 1. The van der Waals surface area contributed by atoms with Gasteiger partial charge in [0.05, 0.1) is 0 Å². The van der Waals surface area contributed by atoms with E-state index in [1.54, 1.807) is 4.90 Å². The van der Waals surface area contributed by atoms with Gasteiger partial charge in [-0.3, -0.25) is 0 Å². The highest BCUT2D eigenvalue weighted by molar-refractivity contribution is 6.05. The zero-order valence-electron chi connectivity index (χ0n) is 19.2. The molecule has 1 unspecified atom stereocenters. The van der Waals surface area contributed by atoms with E-state index in [0.717, 1.165) is 31.8 Å². The zero-order chi connectivity index (χ0) is 21.6. The molecule has 2 rings (SSSR count). The molecule has 1 atom stereocenters. The van der Waals surface area contributed by atoms with Gasteiger partial charge < -0.3 is 19.9 Å². The lowest BCUT2D eigenvalue weighted by Crippen LogP contribution is -2.49. The van der Waals surface area contributed by atoms with E-state index < -0.39 is 5.60 Å². The first-order valence-electron chi connectivity index (χ1n) is 10.8. The van der Waals surface area contributed by atoms with Crippen molar-refractivity contribution in [3.8, 4) is 0 Å². The number of hydrogen-bond donors (Lipinski definition) is 1. The third-order valence-corrected chi connectivity index (χ3v) is 5.34. The number of hydrogen-bond acceptors (Lipinski definition) is 5. The van der Waals surface area contributed by atoms with Gasteiger partial charge in [0, 0.05) is 43.6 Å². The van der Waals surface area contributed by atoms with Crippen molar-refractivity contribution >= 4 is 11.9 Å². The molecule has 2 heterocycles. The molecule has 6 nitrogen and oxygen atoms in total.